The van der Waals surface area contributed by atoms with E-state index in [9.17, 15) is 8.78 Å². The van der Waals surface area contributed by atoms with Crippen LogP contribution in [0.15, 0.2) is 66.3 Å². The Morgan fingerprint density at radius 1 is 1.16 bits per heavy atom. The molecule has 1 heterocycles. The van der Waals surface area contributed by atoms with E-state index in [2.05, 4.69) is 16.6 Å². The predicted molar refractivity (Wildman–Crippen MR) is 146 cm³/mol. The first kappa shape index (κ1) is 28.1. The molecule has 0 amide bonds. The highest BCUT2D eigenvalue weighted by Gasteiger charge is 2.14. The van der Waals surface area contributed by atoms with Gasteiger partial charge in [-0.1, -0.05) is 50.8 Å². The fourth-order valence-electron chi connectivity index (χ4n) is 3.97. The van der Waals surface area contributed by atoms with Gasteiger partial charge in [0.2, 0.25) is 0 Å². The summed E-state index contributed by atoms with van der Waals surface area (Å²) >= 11 is 0. The molecule has 0 fully saturated rings. The second-order valence-electron chi connectivity index (χ2n) is 9.04. The van der Waals surface area contributed by atoms with E-state index in [1.807, 2.05) is 43.5 Å². The number of allylic oxidation sites excluding steroid dienone is 2. The molecule has 0 bridgehead atoms. The van der Waals surface area contributed by atoms with Crippen molar-refractivity contribution in [2.45, 2.75) is 53.2 Å². The first-order valence-corrected chi connectivity index (χ1v) is 12.6. The maximum atomic E-state index is 12.9. The number of para-hydroxylation sites is 1. The SMILES string of the molecule is C=C/C(=C\N=C(OCCCCCN)C(C)C)c1ccc2nc(C)n(Cc3ccccc3OC(F)F)c2c1. The van der Waals surface area contributed by atoms with Gasteiger partial charge in [-0.25, -0.2) is 9.98 Å². The monoisotopic (exact) mass is 510 g/mol. The van der Waals surface area contributed by atoms with Crippen LogP contribution in [0.3, 0.4) is 0 Å². The molecule has 198 valence electrons. The summed E-state index contributed by atoms with van der Waals surface area (Å²) in [5.41, 5.74) is 9.63. The van der Waals surface area contributed by atoms with Crippen molar-refractivity contribution in [2.75, 3.05) is 13.2 Å². The number of hydrogen-bond donors (Lipinski definition) is 1. The summed E-state index contributed by atoms with van der Waals surface area (Å²) in [7, 11) is 0. The van der Waals surface area contributed by atoms with Gasteiger partial charge in [-0.15, -0.1) is 0 Å². The lowest BCUT2D eigenvalue weighted by molar-refractivity contribution is -0.0504. The molecule has 3 aromatic rings. The normalized spacial score (nSPS) is 12.5. The van der Waals surface area contributed by atoms with Crippen molar-refractivity contribution in [1.29, 1.82) is 0 Å². The summed E-state index contributed by atoms with van der Waals surface area (Å²) in [6.07, 6.45) is 6.47. The van der Waals surface area contributed by atoms with E-state index in [1.165, 1.54) is 0 Å². The molecule has 0 unspecified atom stereocenters. The van der Waals surface area contributed by atoms with E-state index in [0.29, 0.717) is 31.2 Å². The van der Waals surface area contributed by atoms with Crippen LogP contribution in [0.2, 0.25) is 0 Å². The molecule has 8 heteroatoms. The number of aromatic nitrogens is 2. The van der Waals surface area contributed by atoms with Crippen LogP contribution in [0.4, 0.5) is 8.78 Å². The van der Waals surface area contributed by atoms with Crippen LogP contribution in [0, 0.1) is 12.8 Å². The molecule has 2 N–H and O–H groups in total. The number of alkyl halides is 2. The number of nitrogens with two attached hydrogens (primary N) is 1. The van der Waals surface area contributed by atoms with E-state index >= 15 is 0 Å². The van der Waals surface area contributed by atoms with Gasteiger partial charge >= 0.3 is 6.61 Å². The zero-order valence-electron chi connectivity index (χ0n) is 21.8. The Bertz CT molecular complexity index is 1250. The Kier molecular flexibility index (Phi) is 10.4. The zero-order valence-corrected chi connectivity index (χ0v) is 21.8. The molecule has 6 nitrogen and oxygen atoms in total. The van der Waals surface area contributed by atoms with Crippen molar-refractivity contribution in [3.8, 4) is 5.75 Å². The minimum absolute atomic E-state index is 0.138. The highest BCUT2D eigenvalue weighted by molar-refractivity contribution is 5.85. The number of rotatable bonds is 13. The zero-order chi connectivity index (χ0) is 26.8. The Morgan fingerprint density at radius 3 is 2.65 bits per heavy atom. The number of aryl methyl sites for hydroxylation is 1. The van der Waals surface area contributed by atoms with Crippen LogP contribution in [-0.4, -0.2) is 35.2 Å². The van der Waals surface area contributed by atoms with Gasteiger partial charge in [0.05, 0.1) is 24.2 Å². The number of nitrogens with zero attached hydrogens (tertiary/aromatic N) is 3. The fraction of sp³-hybridized carbons (Fsp3) is 0.379. The first-order chi connectivity index (χ1) is 17.8. The second-order valence-corrected chi connectivity index (χ2v) is 9.04. The van der Waals surface area contributed by atoms with Crippen molar-refractivity contribution in [3.05, 3.63) is 78.3 Å². The molecule has 37 heavy (non-hydrogen) atoms. The average Bonchev–Trinajstić information content (AvgIpc) is 3.17. The number of fused-ring (bicyclic) bond motifs is 1. The molecule has 1 aromatic heterocycles. The number of ether oxygens (including phenoxy) is 2. The van der Waals surface area contributed by atoms with Crippen molar-refractivity contribution in [3.63, 3.8) is 0 Å². The third-order valence-electron chi connectivity index (χ3n) is 5.93. The Morgan fingerprint density at radius 2 is 1.95 bits per heavy atom. The molecule has 0 saturated carbocycles. The van der Waals surface area contributed by atoms with Crippen LogP contribution in [-0.2, 0) is 11.3 Å². The highest BCUT2D eigenvalue weighted by Crippen LogP contribution is 2.27. The van der Waals surface area contributed by atoms with E-state index in [-0.39, 0.29) is 11.7 Å². The number of benzene rings is 2. The Labute approximate surface area is 217 Å². The summed E-state index contributed by atoms with van der Waals surface area (Å²) in [6.45, 7) is 8.70. The number of imidazole rings is 1. The molecule has 0 aliphatic rings. The van der Waals surface area contributed by atoms with Crippen LogP contribution < -0.4 is 10.5 Å². The molecule has 0 aliphatic heterocycles. The van der Waals surface area contributed by atoms with Gasteiger partial charge in [0.1, 0.15) is 11.6 Å². The molecule has 0 spiro atoms. The van der Waals surface area contributed by atoms with E-state index in [1.54, 1.807) is 36.5 Å². The third kappa shape index (κ3) is 7.73. The third-order valence-corrected chi connectivity index (χ3v) is 5.93. The lowest BCUT2D eigenvalue weighted by Gasteiger charge is -2.13. The number of unbranched alkanes of at least 4 members (excludes halogenated alkanes) is 2. The van der Waals surface area contributed by atoms with Gasteiger partial charge in [-0.05, 0) is 62.1 Å². The average molecular weight is 511 g/mol. The summed E-state index contributed by atoms with van der Waals surface area (Å²) in [5, 5.41) is 0. The molecular formula is C29H36F2N4O2. The molecule has 2 aromatic carbocycles. The molecule has 0 radical (unpaired) electrons. The second kappa shape index (κ2) is 13.7. The van der Waals surface area contributed by atoms with E-state index in [4.69, 9.17) is 15.2 Å². The minimum Gasteiger partial charge on any atom is -0.481 e. The molecule has 0 aliphatic carbocycles. The van der Waals surface area contributed by atoms with Crippen molar-refractivity contribution in [1.82, 2.24) is 9.55 Å². The highest BCUT2D eigenvalue weighted by atomic mass is 19.3. The van der Waals surface area contributed by atoms with Crippen LogP contribution in [0.25, 0.3) is 16.6 Å². The number of halogens is 2. The van der Waals surface area contributed by atoms with Crippen LogP contribution in [0.5, 0.6) is 5.75 Å². The van der Waals surface area contributed by atoms with Gasteiger partial charge in [0.15, 0.2) is 5.90 Å². The molecule has 3 rings (SSSR count). The summed E-state index contributed by atoms with van der Waals surface area (Å²) in [6, 6.07) is 12.7. The van der Waals surface area contributed by atoms with Gasteiger partial charge in [0.25, 0.3) is 0 Å². The smallest absolute Gasteiger partial charge is 0.387 e. The topological polar surface area (TPSA) is 74.7 Å². The maximum absolute atomic E-state index is 12.9. The van der Waals surface area contributed by atoms with E-state index in [0.717, 1.165) is 47.3 Å². The van der Waals surface area contributed by atoms with Crippen molar-refractivity contribution < 1.29 is 18.3 Å². The number of aliphatic imine (C=N–C) groups is 1. The Balaban J connectivity index is 1.90. The molecular weight excluding hydrogens is 474 g/mol. The first-order valence-electron chi connectivity index (χ1n) is 12.6. The lowest BCUT2D eigenvalue weighted by atomic mass is 10.1. The van der Waals surface area contributed by atoms with Gasteiger partial charge in [-0.3, -0.25) is 0 Å². The standard InChI is InChI=1S/C29H36F2N4O2/c1-5-22(18-33-28(20(2)3)36-16-10-6-9-15-32)23-13-14-25-26(17-23)35(21(4)34-25)19-24-11-7-8-12-27(24)37-29(30)31/h5,7-8,11-14,17-18,20,29H,1,6,9-10,15-16,19,32H2,2-4H3/b22-18+,33-28?. The van der Waals surface area contributed by atoms with Gasteiger partial charge in [0, 0.05) is 17.7 Å². The predicted octanol–water partition coefficient (Wildman–Crippen LogP) is 6.72. The van der Waals surface area contributed by atoms with Crippen molar-refractivity contribution >= 4 is 22.5 Å². The van der Waals surface area contributed by atoms with Crippen LogP contribution in [0.1, 0.15) is 50.1 Å². The summed E-state index contributed by atoms with van der Waals surface area (Å²) in [5.74, 6) is 1.73. The lowest BCUT2D eigenvalue weighted by Crippen LogP contribution is -2.13. The summed E-state index contributed by atoms with van der Waals surface area (Å²) in [4.78, 5) is 9.28. The largest absolute Gasteiger partial charge is 0.481 e. The van der Waals surface area contributed by atoms with E-state index < -0.39 is 6.61 Å². The molecule has 0 atom stereocenters. The Hall–Kier alpha value is -3.52. The quantitative estimate of drug-likeness (QED) is 0.120. The van der Waals surface area contributed by atoms with Crippen molar-refractivity contribution in [2.24, 2.45) is 16.6 Å². The summed E-state index contributed by atoms with van der Waals surface area (Å²) < 4.78 is 38.5. The maximum Gasteiger partial charge on any atom is 0.387 e. The van der Waals surface area contributed by atoms with Crippen LogP contribution >= 0.6 is 0 Å². The number of hydrogen-bond acceptors (Lipinski definition) is 5. The van der Waals surface area contributed by atoms with Gasteiger partial charge in [-0.2, -0.15) is 8.78 Å². The fourth-order valence-corrected chi connectivity index (χ4v) is 3.97. The van der Waals surface area contributed by atoms with Gasteiger partial charge < -0.3 is 19.8 Å². The molecule has 0 saturated heterocycles. The minimum atomic E-state index is -2.89.